The molecule has 0 spiro atoms. The van der Waals surface area contributed by atoms with Crippen LogP contribution in [-0.2, 0) is 6.54 Å². The quantitative estimate of drug-likeness (QED) is 0.511. The first kappa shape index (κ1) is 20.7. The van der Waals surface area contributed by atoms with Crippen molar-refractivity contribution in [2.45, 2.75) is 6.54 Å². The molecule has 2 amide bonds. The predicted molar refractivity (Wildman–Crippen MR) is 106 cm³/mol. The summed E-state index contributed by atoms with van der Waals surface area (Å²) in [4.78, 5) is 30.6. The van der Waals surface area contributed by atoms with Gasteiger partial charge in [-0.1, -0.05) is 11.6 Å². The molecule has 29 heavy (non-hydrogen) atoms. The number of anilines is 2. The smallest absolute Gasteiger partial charge is 0.272 e. The average molecular weight is 441 g/mol. The zero-order valence-corrected chi connectivity index (χ0v) is 16.8. The van der Waals surface area contributed by atoms with Crippen molar-refractivity contribution in [2.24, 2.45) is 0 Å². The molecular formula is C17H15ClF2N6O2S. The van der Waals surface area contributed by atoms with Gasteiger partial charge in [0, 0.05) is 25.5 Å². The highest BCUT2D eigenvalue weighted by Crippen LogP contribution is 2.21. The predicted octanol–water partition coefficient (Wildman–Crippen LogP) is 3.05. The Hall–Kier alpha value is -3.05. The number of rotatable bonds is 6. The van der Waals surface area contributed by atoms with Crippen LogP contribution in [0.5, 0.6) is 0 Å². The van der Waals surface area contributed by atoms with Crippen LogP contribution in [0.25, 0.3) is 0 Å². The van der Waals surface area contributed by atoms with Crippen LogP contribution in [0.4, 0.5) is 19.7 Å². The molecule has 0 aliphatic heterocycles. The summed E-state index contributed by atoms with van der Waals surface area (Å²) < 4.78 is 26.5. The lowest BCUT2D eigenvalue weighted by atomic mass is 10.2. The number of thiazole rings is 1. The van der Waals surface area contributed by atoms with E-state index in [1.807, 2.05) is 24.4 Å². The summed E-state index contributed by atoms with van der Waals surface area (Å²) in [6, 6.07) is 2.69. The normalized spacial score (nSPS) is 10.7. The van der Waals surface area contributed by atoms with Crippen LogP contribution in [0.3, 0.4) is 0 Å². The van der Waals surface area contributed by atoms with Crippen LogP contribution in [-0.4, -0.2) is 41.1 Å². The molecule has 2 heterocycles. The molecule has 0 unspecified atom stereocenters. The summed E-state index contributed by atoms with van der Waals surface area (Å²) in [5.74, 6) is -3.55. The van der Waals surface area contributed by atoms with Gasteiger partial charge in [0.1, 0.15) is 5.82 Å². The molecule has 0 aliphatic rings. The van der Waals surface area contributed by atoms with Crippen molar-refractivity contribution < 1.29 is 18.4 Å². The van der Waals surface area contributed by atoms with Gasteiger partial charge in [0.15, 0.2) is 22.5 Å². The first-order valence-corrected chi connectivity index (χ1v) is 9.41. The van der Waals surface area contributed by atoms with Crippen molar-refractivity contribution in [3.05, 3.63) is 57.2 Å². The maximum absolute atomic E-state index is 13.3. The van der Waals surface area contributed by atoms with E-state index in [-0.39, 0.29) is 28.6 Å². The fourth-order valence-electron chi connectivity index (χ4n) is 2.23. The number of H-pyrrole nitrogens is 1. The number of nitrogens with one attached hydrogen (secondary N) is 3. The zero-order valence-electron chi connectivity index (χ0n) is 15.2. The van der Waals surface area contributed by atoms with E-state index in [9.17, 15) is 18.4 Å². The number of hydrogen-bond donors (Lipinski definition) is 3. The SMILES string of the molecule is CN(C)c1nc(CNC(=O)c2cc(NC(=O)c3cc(F)c(F)cc3Cl)[nH]n2)cs1. The van der Waals surface area contributed by atoms with Gasteiger partial charge in [0.05, 0.1) is 22.8 Å². The topological polar surface area (TPSA) is 103 Å². The number of carbonyl (C=O) groups excluding carboxylic acids is 2. The van der Waals surface area contributed by atoms with E-state index >= 15 is 0 Å². The fraction of sp³-hybridized carbons (Fsp3) is 0.176. The van der Waals surface area contributed by atoms with E-state index < -0.39 is 23.4 Å². The number of amides is 2. The van der Waals surface area contributed by atoms with Crippen LogP contribution in [0, 0.1) is 11.6 Å². The Labute approximate surface area is 172 Å². The van der Waals surface area contributed by atoms with Gasteiger partial charge < -0.3 is 15.5 Å². The van der Waals surface area contributed by atoms with Crippen LogP contribution in [0.15, 0.2) is 23.6 Å². The van der Waals surface area contributed by atoms with Crippen LogP contribution in [0.1, 0.15) is 26.5 Å². The lowest BCUT2D eigenvalue weighted by Crippen LogP contribution is -2.23. The Morgan fingerprint density at radius 1 is 1.21 bits per heavy atom. The van der Waals surface area contributed by atoms with Crippen molar-refractivity contribution in [1.82, 2.24) is 20.5 Å². The summed E-state index contributed by atoms with van der Waals surface area (Å²) in [5.41, 5.74) is 0.468. The molecule has 0 fully saturated rings. The maximum Gasteiger partial charge on any atom is 0.272 e. The van der Waals surface area contributed by atoms with Crippen LogP contribution >= 0.6 is 22.9 Å². The highest BCUT2D eigenvalue weighted by molar-refractivity contribution is 7.13. The minimum atomic E-state index is -1.20. The Kier molecular flexibility index (Phi) is 6.09. The van der Waals surface area contributed by atoms with Gasteiger partial charge in [0.2, 0.25) is 0 Å². The summed E-state index contributed by atoms with van der Waals surface area (Å²) in [6.45, 7) is 0.211. The molecule has 12 heteroatoms. The first-order valence-electron chi connectivity index (χ1n) is 8.16. The van der Waals surface area contributed by atoms with Crippen molar-refractivity contribution >= 4 is 45.7 Å². The number of aromatic nitrogens is 3. The molecule has 2 aromatic heterocycles. The van der Waals surface area contributed by atoms with Gasteiger partial charge in [0.25, 0.3) is 11.8 Å². The Bertz CT molecular complexity index is 1070. The van der Waals surface area contributed by atoms with Gasteiger partial charge >= 0.3 is 0 Å². The fourth-order valence-corrected chi connectivity index (χ4v) is 3.23. The zero-order chi connectivity index (χ0) is 21.1. The second-order valence-electron chi connectivity index (χ2n) is 6.07. The Balaban J connectivity index is 1.61. The van der Waals surface area contributed by atoms with Gasteiger partial charge in [-0.15, -0.1) is 11.3 Å². The highest BCUT2D eigenvalue weighted by atomic mass is 35.5. The molecule has 0 aliphatic carbocycles. The Morgan fingerprint density at radius 3 is 2.62 bits per heavy atom. The molecule has 0 radical (unpaired) electrons. The molecule has 152 valence electrons. The van der Waals surface area contributed by atoms with Gasteiger partial charge in [-0.05, 0) is 12.1 Å². The lowest BCUT2D eigenvalue weighted by molar-refractivity contribution is 0.0944. The van der Waals surface area contributed by atoms with E-state index in [0.717, 1.165) is 5.13 Å². The third-order valence-corrected chi connectivity index (χ3v) is 5.04. The molecule has 0 saturated carbocycles. The van der Waals surface area contributed by atoms with E-state index in [1.165, 1.54) is 17.4 Å². The number of hydrogen-bond acceptors (Lipinski definition) is 6. The summed E-state index contributed by atoms with van der Waals surface area (Å²) in [6.07, 6.45) is 0. The van der Waals surface area contributed by atoms with Crippen molar-refractivity contribution in [2.75, 3.05) is 24.3 Å². The molecule has 1 aromatic carbocycles. The minimum Gasteiger partial charge on any atom is -0.354 e. The largest absolute Gasteiger partial charge is 0.354 e. The van der Waals surface area contributed by atoms with Gasteiger partial charge in [-0.25, -0.2) is 13.8 Å². The third-order valence-electron chi connectivity index (χ3n) is 3.67. The summed E-state index contributed by atoms with van der Waals surface area (Å²) in [7, 11) is 3.74. The second kappa shape index (κ2) is 8.53. The van der Waals surface area contributed by atoms with Crippen molar-refractivity contribution in [1.29, 1.82) is 0 Å². The summed E-state index contributed by atoms with van der Waals surface area (Å²) in [5, 5.41) is 13.7. The number of nitrogens with zero attached hydrogens (tertiary/aromatic N) is 3. The molecule has 0 saturated heterocycles. The monoisotopic (exact) mass is 440 g/mol. The standard InChI is InChI=1S/C17H15ClF2N6O2S/c1-26(2)17-22-8(7-29-17)6-21-16(28)13-5-14(25-24-13)23-15(27)9-3-11(19)12(20)4-10(9)18/h3-5,7H,6H2,1-2H3,(H,21,28)(H2,23,24,25,27). The number of carbonyl (C=O) groups is 2. The molecule has 0 atom stereocenters. The molecular weight excluding hydrogens is 426 g/mol. The first-order chi connectivity index (χ1) is 13.7. The van der Waals surface area contributed by atoms with E-state index in [4.69, 9.17) is 11.6 Å². The highest BCUT2D eigenvalue weighted by Gasteiger charge is 2.17. The molecule has 8 nitrogen and oxygen atoms in total. The van der Waals surface area contributed by atoms with Gasteiger partial charge in [-0.2, -0.15) is 5.10 Å². The van der Waals surface area contributed by atoms with E-state index in [1.54, 1.807) is 0 Å². The summed E-state index contributed by atoms with van der Waals surface area (Å²) >= 11 is 7.22. The lowest BCUT2D eigenvalue weighted by Gasteiger charge is -2.05. The molecule has 3 rings (SSSR count). The maximum atomic E-state index is 13.3. The van der Waals surface area contributed by atoms with Crippen molar-refractivity contribution in [3.63, 3.8) is 0 Å². The third kappa shape index (κ3) is 4.87. The number of halogens is 3. The average Bonchev–Trinajstić information content (AvgIpc) is 3.32. The van der Waals surface area contributed by atoms with Crippen LogP contribution in [0.2, 0.25) is 5.02 Å². The molecule has 0 bridgehead atoms. The van der Waals surface area contributed by atoms with E-state index in [2.05, 4.69) is 25.8 Å². The number of benzene rings is 1. The second-order valence-corrected chi connectivity index (χ2v) is 7.31. The molecule has 3 N–H and O–H groups in total. The Morgan fingerprint density at radius 2 is 1.93 bits per heavy atom. The molecule has 3 aromatic rings. The minimum absolute atomic E-state index is 0.0275. The number of aromatic amines is 1. The van der Waals surface area contributed by atoms with E-state index in [0.29, 0.717) is 17.8 Å². The van der Waals surface area contributed by atoms with Crippen molar-refractivity contribution in [3.8, 4) is 0 Å². The van der Waals surface area contributed by atoms with Gasteiger partial charge in [-0.3, -0.25) is 14.7 Å². The van der Waals surface area contributed by atoms with Crippen LogP contribution < -0.4 is 15.5 Å².